The highest BCUT2D eigenvalue weighted by molar-refractivity contribution is 7.18. The number of fused-ring (bicyclic) bond motifs is 1. The second-order valence-corrected chi connectivity index (χ2v) is 10.1. The van der Waals surface area contributed by atoms with Gasteiger partial charge in [0.25, 0.3) is 0 Å². The highest BCUT2D eigenvalue weighted by Gasteiger charge is 2.38. The third-order valence-corrected chi connectivity index (χ3v) is 6.02. The summed E-state index contributed by atoms with van der Waals surface area (Å²) in [6.07, 6.45) is -6.06. The number of alkyl carbamates (subject to hydrolysis) is 1. The van der Waals surface area contributed by atoms with Crippen molar-refractivity contribution in [3.8, 4) is 0 Å². The van der Waals surface area contributed by atoms with E-state index in [-0.39, 0.29) is 16.2 Å². The molecule has 0 bridgehead atoms. The van der Waals surface area contributed by atoms with Gasteiger partial charge in [0.1, 0.15) is 16.2 Å². The number of anilines is 1. The first kappa shape index (κ1) is 23.8. The van der Waals surface area contributed by atoms with Crippen molar-refractivity contribution in [3.63, 3.8) is 0 Å². The van der Waals surface area contributed by atoms with E-state index in [1.165, 1.54) is 6.07 Å². The molecule has 7 nitrogen and oxygen atoms in total. The predicted molar refractivity (Wildman–Crippen MR) is 113 cm³/mol. The molecule has 2 aromatic heterocycles. The fourth-order valence-electron chi connectivity index (χ4n) is 3.64. The van der Waals surface area contributed by atoms with Crippen LogP contribution in [0.1, 0.15) is 38.5 Å². The second-order valence-electron chi connectivity index (χ2n) is 8.60. The number of nitrogens with zero attached hydrogens (tertiary/aromatic N) is 3. The van der Waals surface area contributed by atoms with E-state index in [0.29, 0.717) is 28.9 Å². The van der Waals surface area contributed by atoms with E-state index in [0.717, 1.165) is 11.3 Å². The fourth-order valence-corrected chi connectivity index (χ4v) is 4.91. The van der Waals surface area contributed by atoms with Gasteiger partial charge in [0.15, 0.2) is 0 Å². The molecule has 0 saturated heterocycles. The molecule has 2 aromatic rings. The Bertz CT molecular complexity index is 963. The average Bonchev–Trinajstić information content (AvgIpc) is 3.12. The Labute approximate surface area is 186 Å². The van der Waals surface area contributed by atoms with Gasteiger partial charge < -0.3 is 20.1 Å². The van der Waals surface area contributed by atoms with Crippen LogP contribution < -0.4 is 10.2 Å². The molecule has 1 saturated carbocycles. The molecule has 172 valence electrons. The zero-order valence-electron chi connectivity index (χ0n) is 17.5. The van der Waals surface area contributed by atoms with Crippen LogP contribution in [0.25, 0.3) is 10.2 Å². The van der Waals surface area contributed by atoms with Gasteiger partial charge in [-0.25, -0.2) is 9.78 Å². The molecule has 0 unspecified atom stereocenters. The Morgan fingerprint density at radius 2 is 2.03 bits per heavy atom. The van der Waals surface area contributed by atoms with E-state index >= 15 is 0 Å². The van der Waals surface area contributed by atoms with Crippen LogP contribution in [0.5, 0.6) is 0 Å². The Morgan fingerprint density at radius 1 is 1.35 bits per heavy atom. The molecule has 1 fully saturated rings. The average molecular weight is 481 g/mol. The molecule has 2 N–H and O–H groups in total. The molecule has 0 aromatic carbocycles. The summed E-state index contributed by atoms with van der Waals surface area (Å²) in [5.41, 5.74) is -0.645. The summed E-state index contributed by atoms with van der Waals surface area (Å²) in [5.74, 6) is 0.335. The summed E-state index contributed by atoms with van der Waals surface area (Å²) < 4.78 is 43.7. The van der Waals surface area contributed by atoms with Gasteiger partial charge in [0, 0.05) is 18.0 Å². The minimum Gasteiger partial charge on any atom is -0.444 e. The van der Waals surface area contributed by atoms with Crippen LogP contribution in [-0.2, 0) is 11.2 Å². The van der Waals surface area contributed by atoms with Gasteiger partial charge in [-0.1, -0.05) is 0 Å². The fraction of sp³-hybridized carbons (Fsp3) is 0.632. The molecule has 1 amide bonds. The number of aliphatic hydroxyl groups excluding tert-OH is 1. The van der Waals surface area contributed by atoms with E-state index < -0.39 is 36.4 Å². The van der Waals surface area contributed by atoms with Crippen molar-refractivity contribution in [2.24, 2.45) is 0 Å². The van der Waals surface area contributed by atoms with Crippen molar-refractivity contribution in [3.05, 3.63) is 16.2 Å². The normalized spacial score (nSPS) is 22.0. The third kappa shape index (κ3) is 6.11. The first-order valence-corrected chi connectivity index (χ1v) is 10.8. The van der Waals surface area contributed by atoms with Crippen LogP contribution in [0.15, 0.2) is 6.07 Å². The maximum absolute atomic E-state index is 12.8. The molecule has 12 heteroatoms. The van der Waals surface area contributed by atoms with Gasteiger partial charge >= 0.3 is 12.3 Å². The molecule has 31 heavy (non-hydrogen) atoms. The quantitative estimate of drug-likeness (QED) is 0.634. The highest BCUT2D eigenvalue weighted by Crippen LogP contribution is 2.37. The number of aliphatic hydroxyl groups is 1. The van der Waals surface area contributed by atoms with Gasteiger partial charge in [0.05, 0.1) is 24.0 Å². The molecule has 0 spiro atoms. The van der Waals surface area contributed by atoms with Crippen LogP contribution in [0.4, 0.5) is 23.8 Å². The predicted octanol–water partition coefficient (Wildman–Crippen LogP) is 4.30. The van der Waals surface area contributed by atoms with Gasteiger partial charge in [-0.15, -0.1) is 11.3 Å². The van der Waals surface area contributed by atoms with Gasteiger partial charge in [-0.05, 0) is 51.3 Å². The van der Waals surface area contributed by atoms with E-state index in [2.05, 4.69) is 15.3 Å². The summed E-state index contributed by atoms with van der Waals surface area (Å²) in [7, 11) is 1.68. The van der Waals surface area contributed by atoms with E-state index in [4.69, 9.17) is 16.3 Å². The van der Waals surface area contributed by atoms with E-state index in [1.807, 2.05) is 0 Å². The van der Waals surface area contributed by atoms with Gasteiger partial charge in [-0.3, -0.25) is 0 Å². The van der Waals surface area contributed by atoms with Crippen molar-refractivity contribution in [1.29, 1.82) is 0 Å². The zero-order valence-corrected chi connectivity index (χ0v) is 19.0. The lowest BCUT2D eigenvalue weighted by molar-refractivity contribution is -0.126. The Hall–Kier alpha value is -1.85. The summed E-state index contributed by atoms with van der Waals surface area (Å²) >= 11 is 6.92. The van der Waals surface area contributed by atoms with Gasteiger partial charge in [-0.2, -0.15) is 18.2 Å². The van der Waals surface area contributed by atoms with E-state index in [1.54, 1.807) is 32.7 Å². The monoisotopic (exact) mass is 480 g/mol. The molecular formula is C19H24ClF3N4O3S. The number of nitrogens with one attached hydrogen (secondary N) is 1. The Kier molecular flexibility index (Phi) is 6.60. The first-order valence-electron chi connectivity index (χ1n) is 9.65. The molecular weight excluding hydrogens is 457 g/mol. The van der Waals surface area contributed by atoms with Crippen molar-refractivity contribution >= 4 is 45.1 Å². The summed E-state index contributed by atoms with van der Waals surface area (Å²) in [6, 6.07) is 0.654. The Balaban J connectivity index is 1.80. The Morgan fingerprint density at radius 3 is 2.65 bits per heavy atom. The molecule has 2 heterocycles. The second kappa shape index (κ2) is 8.59. The minimum atomic E-state index is -4.34. The third-order valence-electron chi connectivity index (χ3n) is 4.82. The molecule has 0 radical (unpaired) electrons. The number of likely N-dealkylation sites (N-methyl/N-ethyl adjacent to an activating group) is 1. The van der Waals surface area contributed by atoms with Crippen molar-refractivity contribution in [1.82, 2.24) is 15.3 Å². The number of alkyl halides is 3. The number of amides is 1. The van der Waals surface area contributed by atoms with Crippen LogP contribution >= 0.6 is 22.9 Å². The highest BCUT2D eigenvalue weighted by atomic mass is 35.5. The van der Waals surface area contributed by atoms with Crippen LogP contribution in [0.3, 0.4) is 0 Å². The van der Waals surface area contributed by atoms with Crippen LogP contribution in [0.2, 0.25) is 5.28 Å². The topological polar surface area (TPSA) is 87.6 Å². The molecule has 1 aliphatic carbocycles. The van der Waals surface area contributed by atoms with Crippen LogP contribution in [-0.4, -0.2) is 58.2 Å². The standard InChI is InChI=1S/C19H24ClF3N4O3S/c1-18(2,3)30-17(29)24-9-5-12(13(28)6-9)27(4)14-11-7-10(8-19(21,22)23)31-15(11)26-16(20)25-14/h7,9,12-13,28H,5-6,8H2,1-4H3,(H,24,29)/t9-,12+,13-/m1/s1. The number of carbonyl (C=O) groups excluding carboxylic acids is 1. The maximum atomic E-state index is 12.8. The lowest BCUT2D eigenvalue weighted by atomic mass is 10.1. The lowest BCUT2D eigenvalue weighted by Crippen LogP contribution is -2.40. The number of hydrogen-bond donors (Lipinski definition) is 2. The van der Waals surface area contributed by atoms with Crippen molar-refractivity contribution in [2.75, 3.05) is 11.9 Å². The number of ether oxygens (including phenoxy) is 1. The smallest absolute Gasteiger partial charge is 0.407 e. The minimum absolute atomic E-state index is 0.0920. The number of aromatic nitrogens is 2. The summed E-state index contributed by atoms with van der Waals surface area (Å²) in [6.45, 7) is 5.26. The van der Waals surface area contributed by atoms with Crippen molar-refractivity contribution < 1.29 is 27.8 Å². The molecule has 3 rings (SSSR count). The number of halogens is 4. The lowest BCUT2D eigenvalue weighted by Gasteiger charge is -2.28. The van der Waals surface area contributed by atoms with Crippen molar-refractivity contribution in [2.45, 2.75) is 70.0 Å². The maximum Gasteiger partial charge on any atom is 0.407 e. The van der Waals surface area contributed by atoms with E-state index in [9.17, 15) is 23.1 Å². The number of thiophene rings is 1. The number of hydrogen-bond acceptors (Lipinski definition) is 7. The van der Waals surface area contributed by atoms with Crippen LogP contribution in [0, 0.1) is 0 Å². The largest absolute Gasteiger partial charge is 0.444 e. The number of rotatable bonds is 4. The summed E-state index contributed by atoms with van der Waals surface area (Å²) in [5, 5.41) is 13.7. The summed E-state index contributed by atoms with van der Waals surface area (Å²) in [4.78, 5) is 22.4. The zero-order chi connectivity index (χ0) is 23.1. The molecule has 3 atom stereocenters. The SMILES string of the molecule is CN(c1nc(Cl)nc2sc(CC(F)(F)F)cc12)[C@H]1C[C@@H](NC(=O)OC(C)(C)C)C[C@H]1O. The van der Waals surface area contributed by atoms with Gasteiger partial charge in [0.2, 0.25) is 5.28 Å². The molecule has 0 aliphatic heterocycles. The molecule has 1 aliphatic rings. The first-order chi connectivity index (χ1) is 14.2. The number of carbonyl (C=O) groups is 1.